The number of hydrogen-bond acceptors (Lipinski definition) is 0. The zero-order chi connectivity index (χ0) is 11.6. The van der Waals surface area contributed by atoms with Crippen molar-refractivity contribution in [1.82, 2.24) is 0 Å². The Bertz CT molecular complexity index is 284. The van der Waals surface area contributed by atoms with Gasteiger partial charge in [-0.25, -0.2) is 4.57 Å². The van der Waals surface area contributed by atoms with E-state index in [4.69, 9.17) is 0 Å². The topological polar surface area (TPSA) is 3.88 Å². The van der Waals surface area contributed by atoms with Crippen LogP contribution >= 0.6 is 0 Å². The third-order valence-electron chi connectivity index (χ3n) is 3.03. The molecule has 1 aromatic heterocycles. The molecule has 0 spiro atoms. The fourth-order valence-electron chi connectivity index (χ4n) is 1.97. The van der Waals surface area contributed by atoms with Crippen LogP contribution in [0.1, 0.15) is 39.0 Å². The third kappa shape index (κ3) is 7.17. The second-order valence-corrected chi connectivity index (χ2v) is 4.39. The monoisotopic (exact) mass is 253 g/mol. The van der Waals surface area contributed by atoms with Gasteiger partial charge in [0, 0.05) is 18.6 Å². The average Bonchev–Trinajstić information content (AvgIpc) is 2.35. The summed E-state index contributed by atoms with van der Waals surface area (Å²) in [6.07, 6.45) is 12.8. The van der Waals surface area contributed by atoms with Gasteiger partial charge in [-0.05, 0) is 18.8 Å². The molecular weight excluding hydrogens is 230 g/mol. The van der Waals surface area contributed by atoms with Gasteiger partial charge in [0.2, 0.25) is 0 Å². The van der Waals surface area contributed by atoms with E-state index in [1.165, 1.54) is 32.1 Å². The normalized spacial score (nSPS) is 11.6. The van der Waals surface area contributed by atoms with Crippen molar-refractivity contribution in [3.05, 3.63) is 43.2 Å². The van der Waals surface area contributed by atoms with Crippen LogP contribution in [-0.4, -0.2) is 0 Å². The van der Waals surface area contributed by atoms with E-state index in [1.807, 2.05) is 0 Å². The second kappa shape index (κ2) is 10.3. The van der Waals surface area contributed by atoms with Crippen LogP contribution < -0.4 is 17.0 Å². The summed E-state index contributed by atoms with van der Waals surface area (Å²) >= 11 is 0. The zero-order valence-corrected chi connectivity index (χ0v) is 11.6. The molecule has 1 heterocycles. The summed E-state index contributed by atoms with van der Waals surface area (Å²) < 4.78 is 2.25. The molecule has 0 amide bonds. The van der Waals surface area contributed by atoms with Crippen molar-refractivity contribution in [1.29, 1.82) is 0 Å². The molecule has 0 saturated heterocycles. The van der Waals surface area contributed by atoms with Gasteiger partial charge >= 0.3 is 0 Å². The summed E-state index contributed by atoms with van der Waals surface area (Å²) in [5.74, 6) is 0.712. The Balaban J connectivity index is 0.00000256. The maximum atomic E-state index is 3.93. The summed E-state index contributed by atoms with van der Waals surface area (Å²) in [6.45, 7) is 7.31. The fourth-order valence-corrected chi connectivity index (χ4v) is 1.97. The number of halogens is 1. The minimum Gasteiger partial charge on any atom is -1.00 e. The van der Waals surface area contributed by atoms with Gasteiger partial charge in [-0.15, -0.1) is 6.58 Å². The SMILES string of the molecule is C=CC(CCCC)CCC[n+]1ccccc1.[Cl-]. The first-order chi connectivity index (χ1) is 7.86. The number of nitrogens with zero attached hydrogens (tertiary/aromatic N) is 1. The highest BCUT2D eigenvalue weighted by molar-refractivity contribution is 4.83. The summed E-state index contributed by atoms with van der Waals surface area (Å²) in [4.78, 5) is 0. The van der Waals surface area contributed by atoms with Crippen molar-refractivity contribution in [2.75, 3.05) is 0 Å². The van der Waals surface area contributed by atoms with Crippen LogP contribution in [0.4, 0.5) is 0 Å². The van der Waals surface area contributed by atoms with Gasteiger partial charge in [0.1, 0.15) is 6.54 Å². The van der Waals surface area contributed by atoms with Crippen LogP contribution in [0.15, 0.2) is 43.2 Å². The molecule has 0 fully saturated rings. The maximum Gasteiger partial charge on any atom is 0.168 e. The number of aromatic nitrogens is 1. The van der Waals surface area contributed by atoms with Gasteiger partial charge in [0.25, 0.3) is 0 Å². The van der Waals surface area contributed by atoms with Gasteiger partial charge < -0.3 is 12.4 Å². The molecular formula is C15H24ClN. The highest BCUT2D eigenvalue weighted by atomic mass is 35.5. The lowest BCUT2D eigenvalue weighted by Crippen LogP contribution is -3.00. The number of rotatable bonds is 8. The number of allylic oxidation sites excluding steroid dienone is 1. The molecule has 1 atom stereocenters. The van der Waals surface area contributed by atoms with E-state index in [0.717, 1.165) is 6.54 Å². The molecule has 0 aliphatic carbocycles. The summed E-state index contributed by atoms with van der Waals surface area (Å²) in [5, 5.41) is 0. The molecule has 1 unspecified atom stereocenters. The quantitative estimate of drug-likeness (QED) is 0.476. The van der Waals surface area contributed by atoms with Gasteiger partial charge in [-0.3, -0.25) is 0 Å². The highest BCUT2D eigenvalue weighted by Crippen LogP contribution is 2.15. The standard InChI is InChI=1S/C15H24N.ClH/c1-3-5-10-15(4-2)11-9-14-16-12-7-6-8-13-16;/h4,6-8,12-13,15H,2-3,5,9-11,14H2,1H3;1H/q+1;/p-1. The predicted molar refractivity (Wildman–Crippen MR) is 69.1 cm³/mol. The summed E-state index contributed by atoms with van der Waals surface area (Å²) in [5.41, 5.74) is 0. The molecule has 96 valence electrons. The smallest absolute Gasteiger partial charge is 0.168 e. The van der Waals surface area contributed by atoms with Crippen LogP contribution in [0.25, 0.3) is 0 Å². The molecule has 0 aliphatic rings. The number of aryl methyl sites for hydroxylation is 1. The van der Waals surface area contributed by atoms with Gasteiger partial charge in [0.05, 0.1) is 0 Å². The molecule has 0 saturated carbocycles. The molecule has 0 N–H and O–H groups in total. The molecule has 0 aromatic carbocycles. The Kier molecular flexibility index (Phi) is 9.84. The first kappa shape index (κ1) is 16.2. The fraction of sp³-hybridized carbons (Fsp3) is 0.533. The van der Waals surface area contributed by atoms with E-state index in [2.05, 4.69) is 54.7 Å². The minimum atomic E-state index is 0. The first-order valence-electron chi connectivity index (χ1n) is 6.43. The van der Waals surface area contributed by atoms with Crippen molar-refractivity contribution in [2.45, 2.75) is 45.6 Å². The van der Waals surface area contributed by atoms with Gasteiger partial charge in [0.15, 0.2) is 12.4 Å². The Labute approximate surface area is 112 Å². The van der Waals surface area contributed by atoms with Crippen molar-refractivity contribution in [2.24, 2.45) is 5.92 Å². The van der Waals surface area contributed by atoms with Crippen molar-refractivity contribution >= 4 is 0 Å². The molecule has 1 aromatic rings. The Morgan fingerprint density at radius 1 is 1.12 bits per heavy atom. The van der Waals surface area contributed by atoms with Crippen LogP contribution in [0.2, 0.25) is 0 Å². The van der Waals surface area contributed by atoms with E-state index in [9.17, 15) is 0 Å². The van der Waals surface area contributed by atoms with Crippen molar-refractivity contribution < 1.29 is 17.0 Å². The van der Waals surface area contributed by atoms with Crippen LogP contribution in [0, 0.1) is 5.92 Å². The van der Waals surface area contributed by atoms with Crippen molar-refractivity contribution in [3.63, 3.8) is 0 Å². The number of pyridine rings is 1. The minimum absolute atomic E-state index is 0. The van der Waals surface area contributed by atoms with Gasteiger partial charge in [-0.1, -0.05) is 31.9 Å². The second-order valence-electron chi connectivity index (χ2n) is 4.39. The van der Waals surface area contributed by atoms with E-state index in [0.29, 0.717) is 5.92 Å². The largest absolute Gasteiger partial charge is 1.00 e. The zero-order valence-electron chi connectivity index (χ0n) is 10.8. The highest BCUT2D eigenvalue weighted by Gasteiger charge is 2.05. The Hall–Kier alpha value is -0.820. The molecule has 2 heteroatoms. The van der Waals surface area contributed by atoms with E-state index >= 15 is 0 Å². The predicted octanol–water partition coefficient (Wildman–Crippen LogP) is 0.751. The number of unbranched alkanes of at least 4 members (excludes halogenated alkanes) is 1. The van der Waals surface area contributed by atoms with E-state index in [-0.39, 0.29) is 12.4 Å². The molecule has 0 radical (unpaired) electrons. The third-order valence-corrected chi connectivity index (χ3v) is 3.03. The molecule has 1 rings (SSSR count). The van der Waals surface area contributed by atoms with Crippen LogP contribution in [0.5, 0.6) is 0 Å². The van der Waals surface area contributed by atoms with Gasteiger partial charge in [-0.2, -0.15) is 0 Å². The molecule has 0 aliphatic heterocycles. The van der Waals surface area contributed by atoms with E-state index in [1.54, 1.807) is 0 Å². The Morgan fingerprint density at radius 2 is 1.76 bits per heavy atom. The Morgan fingerprint density at radius 3 is 2.35 bits per heavy atom. The summed E-state index contributed by atoms with van der Waals surface area (Å²) in [6, 6.07) is 6.23. The molecule has 0 bridgehead atoms. The number of hydrogen-bond donors (Lipinski definition) is 0. The average molecular weight is 254 g/mol. The van der Waals surface area contributed by atoms with Crippen LogP contribution in [-0.2, 0) is 6.54 Å². The molecule has 1 nitrogen and oxygen atoms in total. The lowest BCUT2D eigenvalue weighted by atomic mass is 9.97. The van der Waals surface area contributed by atoms with Crippen molar-refractivity contribution in [3.8, 4) is 0 Å². The summed E-state index contributed by atoms with van der Waals surface area (Å²) in [7, 11) is 0. The first-order valence-corrected chi connectivity index (χ1v) is 6.43. The lowest BCUT2D eigenvalue weighted by Gasteiger charge is -2.09. The lowest BCUT2D eigenvalue weighted by molar-refractivity contribution is -0.697. The maximum absolute atomic E-state index is 3.93. The molecule has 17 heavy (non-hydrogen) atoms. The van der Waals surface area contributed by atoms with E-state index < -0.39 is 0 Å². The van der Waals surface area contributed by atoms with Crippen LogP contribution in [0.3, 0.4) is 0 Å².